The average Bonchev–Trinajstić information content (AvgIpc) is 3.45. The van der Waals surface area contributed by atoms with Crippen LogP contribution in [-0.2, 0) is 10.0 Å². The second-order valence-corrected chi connectivity index (χ2v) is 22.0. The molecule has 1 heterocycles. The molecule has 0 radical (unpaired) electrons. The summed E-state index contributed by atoms with van der Waals surface area (Å²) in [6.07, 6.45) is 14.4. The Morgan fingerprint density at radius 1 is 0.843 bits per heavy atom. The fourth-order valence-corrected chi connectivity index (χ4v) is 15.7. The fraction of sp³-hybridized carbons (Fsp3) is 0.837. The summed E-state index contributed by atoms with van der Waals surface area (Å²) in [4.78, 5) is 14.1. The summed E-state index contributed by atoms with van der Waals surface area (Å²) in [5.74, 6) is 3.98. The molecule has 286 valence electrons. The average molecular weight is 724 g/mol. The van der Waals surface area contributed by atoms with Crippen molar-refractivity contribution in [2.75, 3.05) is 45.5 Å². The molecule has 6 aliphatic rings. The molecule has 0 aromatic heterocycles. The van der Waals surface area contributed by atoms with Crippen LogP contribution in [-0.4, -0.2) is 79.8 Å². The molecule has 10 atom stereocenters. The van der Waals surface area contributed by atoms with Crippen LogP contribution in [0.3, 0.4) is 0 Å². The summed E-state index contributed by atoms with van der Waals surface area (Å²) in [6.45, 7) is 23.2. The van der Waals surface area contributed by atoms with Gasteiger partial charge in [-0.25, -0.2) is 13.2 Å². The molecule has 6 fully saturated rings. The number of sulfonamides is 1. The number of carboxylic acids is 1. The molecule has 7 rings (SSSR count). The van der Waals surface area contributed by atoms with Crippen molar-refractivity contribution < 1.29 is 18.3 Å². The first-order chi connectivity index (χ1) is 23.9. The van der Waals surface area contributed by atoms with Crippen LogP contribution in [0.25, 0.3) is 0 Å². The number of rotatable bonds is 8. The van der Waals surface area contributed by atoms with Crippen LogP contribution in [0.1, 0.15) is 135 Å². The van der Waals surface area contributed by atoms with E-state index in [1.165, 1.54) is 76.0 Å². The third kappa shape index (κ3) is 5.98. The monoisotopic (exact) mass is 724 g/mol. The number of hydrogen-bond acceptors (Lipinski definition) is 5. The molecule has 7 nitrogen and oxygen atoms in total. The lowest BCUT2D eigenvalue weighted by Gasteiger charge is -2.73. The van der Waals surface area contributed by atoms with E-state index in [-0.39, 0.29) is 11.0 Å². The quantitative estimate of drug-likeness (QED) is 0.282. The molecule has 2 N–H and O–H groups in total. The summed E-state index contributed by atoms with van der Waals surface area (Å²) >= 11 is 0. The highest BCUT2D eigenvalue weighted by molar-refractivity contribution is 7.88. The van der Waals surface area contributed by atoms with Crippen molar-refractivity contribution in [3.8, 4) is 0 Å². The molecule has 1 saturated heterocycles. The largest absolute Gasteiger partial charge is 0.478 e. The summed E-state index contributed by atoms with van der Waals surface area (Å²) in [7, 11) is -3.10. The lowest BCUT2D eigenvalue weighted by molar-refractivity contribution is -0.235. The zero-order valence-corrected chi connectivity index (χ0v) is 34.0. The number of hydrogen-bond donors (Lipinski definition) is 2. The van der Waals surface area contributed by atoms with Gasteiger partial charge in [0.25, 0.3) is 0 Å². The fourth-order valence-electron chi connectivity index (χ4n) is 14.9. The minimum absolute atomic E-state index is 0.161. The van der Waals surface area contributed by atoms with Gasteiger partial charge in [0.2, 0.25) is 10.0 Å². The highest BCUT2D eigenvalue weighted by Crippen LogP contribution is 2.77. The smallest absolute Gasteiger partial charge is 0.335 e. The molecule has 3 unspecified atom stereocenters. The van der Waals surface area contributed by atoms with Crippen LogP contribution >= 0.6 is 0 Å². The summed E-state index contributed by atoms with van der Waals surface area (Å²) in [6, 6.07) is 7.84. The van der Waals surface area contributed by atoms with Gasteiger partial charge in [0.15, 0.2) is 0 Å². The Morgan fingerprint density at radius 2 is 1.53 bits per heavy atom. The van der Waals surface area contributed by atoms with Crippen molar-refractivity contribution in [1.29, 1.82) is 0 Å². The van der Waals surface area contributed by atoms with Gasteiger partial charge >= 0.3 is 5.97 Å². The first kappa shape index (κ1) is 37.8. The molecule has 0 amide bonds. The third-order valence-electron chi connectivity index (χ3n) is 17.6. The molecule has 0 spiro atoms. The molecule has 1 aliphatic heterocycles. The molecular weight excluding hydrogens is 655 g/mol. The lowest BCUT2D eigenvalue weighted by atomic mass is 9.32. The molecule has 1 aromatic carbocycles. The van der Waals surface area contributed by atoms with E-state index >= 15 is 0 Å². The molecule has 51 heavy (non-hydrogen) atoms. The maximum atomic E-state index is 12.1. The van der Waals surface area contributed by atoms with Crippen molar-refractivity contribution in [3.63, 3.8) is 0 Å². The number of fused-ring (bicyclic) bond motifs is 7. The SMILES string of the molecule is CC(C)[C@@H]1CC[C@]2(NCCN3CCN(S(C)(=O)=O)CC3)CC[C@]3(C)[C@H](CCC4[C@@]5(C)CC[C@H](c6ccc(C(=O)O)cc6)C(C)(C)C5CC[C@]43C)C12. The summed E-state index contributed by atoms with van der Waals surface area (Å²) in [5.41, 5.74) is 3.10. The maximum Gasteiger partial charge on any atom is 0.335 e. The molecule has 0 bridgehead atoms. The Balaban J connectivity index is 1.10. The number of carboxylic acid groups (broad SMARTS) is 1. The molecule has 5 aliphatic carbocycles. The highest BCUT2D eigenvalue weighted by atomic mass is 32.2. The van der Waals surface area contributed by atoms with E-state index in [4.69, 9.17) is 0 Å². The Bertz CT molecular complexity index is 1570. The van der Waals surface area contributed by atoms with E-state index in [1.54, 1.807) is 4.31 Å². The van der Waals surface area contributed by atoms with Crippen molar-refractivity contribution in [1.82, 2.24) is 14.5 Å². The topological polar surface area (TPSA) is 90.0 Å². The molecule has 1 aromatic rings. The van der Waals surface area contributed by atoms with Gasteiger partial charge in [0.05, 0.1) is 11.8 Å². The van der Waals surface area contributed by atoms with Gasteiger partial charge in [-0.2, -0.15) is 4.31 Å². The van der Waals surface area contributed by atoms with E-state index in [0.29, 0.717) is 52.7 Å². The van der Waals surface area contributed by atoms with Gasteiger partial charge in [0, 0.05) is 44.8 Å². The second-order valence-electron chi connectivity index (χ2n) is 20.1. The number of nitrogens with zero attached hydrogens (tertiary/aromatic N) is 2. The Kier molecular flexibility index (Phi) is 9.70. The van der Waals surface area contributed by atoms with Crippen LogP contribution in [0.2, 0.25) is 0 Å². The third-order valence-corrected chi connectivity index (χ3v) is 18.9. The van der Waals surface area contributed by atoms with E-state index < -0.39 is 16.0 Å². The maximum absolute atomic E-state index is 12.1. The van der Waals surface area contributed by atoms with Crippen LogP contribution in [0.5, 0.6) is 0 Å². The van der Waals surface area contributed by atoms with Gasteiger partial charge in [-0.05, 0) is 145 Å². The molecule has 8 heteroatoms. The van der Waals surface area contributed by atoms with E-state index in [1.807, 2.05) is 12.1 Å². The van der Waals surface area contributed by atoms with Crippen molar-refractivity contribution >= 4 is 16.0 Å². The first-order valence-corrected chi connectivity index (χ1v) is 22.5. The molecule has 5 saturated carbocycles. The minimum atomic E-state index is -3.10. The van der Waals surface area contributed by atoms with Gasteiger partial charge in [-0.1, -0.05) is 60.6 Å². The Morgan fingerprint density at radius 3 is 2.16 bits per heavy atom. The predicted octanol–water partition coefficient (Wildman–Crippen LogP) is 8.13. The standard InChI is InChI=1S/C43H69N3O4S/c1-29(2)32-15-20-43(44-23-24-45-25-27-46(28-26-45)51(8,49)50)22-21-41(6)34(37(32)43)13-14-36-40(5)18-16-33(30-9-11-31(12-10-30)38(47)48)39(3,4)35(40)17-19-42(36,41)7/h9-12,29,32-37,44H,13-28H2,1-8H3,(H,47,48)/t32-,33+,34+,35?,36?,37?,40-,41+,42+,43-/m0/s1. The zero-order chi connectivity index (χ0) is 36.8. The molecular formula is C43H69N3O4S. The number of aromatic carboxylic acids is 1. The van der Waals surface area contributed by atoms with Crippen molar-refractivity contribution in [2.45, 2.75) is 124 Å². The number of carbonyl (C=O) groups is 1. The van der Waals surface area contributed by atoms with E-state index in [2.05, 4.69) is 70.8 Å². The van der Waals surface area contributed by atoms with Gasteiger partial charge in [-0.3, -0.25) is 4.90 Å². The van der Waals surface area contributed by atoms with Gasteiger partial charge < -0.3 is 10.4 Å². The van der Waals surface area contributed by atoms with Crippen molar-refractivity contribution in [3.05, 3.63) is 35.4 Å². The zero-order valence-electron chi connectivity index (χ0n) is 33.1. The van der Waals surface area contributed by atoms with Crippen molar-refractivity contribution in [2.24, 2.45) is 57.2 Å². The first-order valence-electron chi connectivity index (χ1n) is 20.6. The predicted molar refractivity (Wildman–Crippen MR) is 206 cm³/mol. The minimum Gasteiger partial charge on any atom is -0.478 e. The summed E-state index contributed by atoms with van der Waals surface area (Å²) in [5, 5.41) is 13.8. The van der Waals surface area contributed by atoms with Gasteiger partial charge in [-0.15, -0.1) is 0 Å². The normalized spacial score (nSPS) is 42.8. The van der Waals surface area contributed by atoms with E-state index in [0.717, 1.165) is 49.9 Å². The number of benzene rings is 1. The number of nitrogens with one attached hydrogen (secondary N) is 1. The Labute approximate surface area is 310 Å². The Hall–Kier alpha value is -1.48. The van der Waals surface area contributed by atoms with Crippen LogP contribution < -0.4 is 5.32 Å². The van der Waals surface area contributed by atoms with Crippen LogP contribution in [0.4, 0.5) is 0 Å². The lowest BCUT2D eigenvalue weighted by Crippen LogP contribution is -2.68. The highest BCUT2D eigenvalue weighted by Gasteiger charge is 2.71. The van der Waals surface area contributed by atoms with Gasteiger partial charge in [0.1, 0.15) is 0 Å². The number of piperazine rings is 1. The second kappa shape index (κ2) is 13.1. The van der Waals surface area contributed by atoms with Crippen LogP contribution in [0, 0.1) is 57.2 Å². The van der Waals surface area contributed by atoms with Crippen LogP contribution in [0.15, 0.2) is 24.3 Å². The van der Waals surface area contributed by atoms with E-state index in [9.17, 15) is 18.3 Å². The summed E-state index contributed by atoms with van der Waals surface area (Å²) < 4.78 is 25.8.